The molecule has 0 atom stereocenters. The van der Waals surface area contributed by atoms with E-state index in [1.165, 1.54) is 0 Å². The summed E-state index contributed by atoms with van der Waals surface area (Å²) in [5.41, 5.74) is 2.70. The van der Waals surface area contributed by atoms with Gasteiger partial charge in [0.05, 0.1) is 13.7 Å². The Morgan fingerprint density at radius 2 is 1.81 bits per heavy atom. The number of rotatable bonds is 7. The SMILES string of the molecule is CCOc1cc(-c2nccc(C)n2)cnc1OCc1ccc(OC)cc1. The fraction of sp³-hybridized carbons (Fsp3) is 0.250. The number of ether oxygens (including phenoxy) is 3. The van der Waals surface area contributed by atoms with E-state index in [1.807, 2.05) is 50.2 Å². The van der Waals surface area contributed by atoms with Gasteiger partial charge in [0.25, 0.3) is 5.88 Å². The van der Waals surface area contributed by atoms with E-state index >= 15 is 0 Å². The molecule has 0 N–H and O–H groups in total. The van der Waals surface area contributed by atoms with Crippen LogP contribution in [0.5, 0.6) is 17.4 Å². The van der Waals surface area contributed by atoms with Crippen molar-refractivity contribution in [1.82, 2.24) is 15.0 Å². The van der Waals surface area contributed by atoms with Crippen LogP contribution in [0.25, 0.3) is 11.4 Å². The van der Waals surface area contributed by atoms with Crippen molar-refractivity contribution in [2.45, 2.75) is 20.5 Å². The first-order valence-corrected chi connectivity index (χ1v) is 8.38. The van der Waals surface area contributed by atoms with Gasteiger partial charge in [-0.3, -0.25) is 0 Å². The molecule has 1 aromatic carbocycles. The Kier molecular flexibility index (Phi) is 5.63. The number of pyridine rings is 1. The molecule has 0 aliphatic rings. The van der Waals surface area contributed by atoms with E-state index in [-0.39, 0.29) is 0 Å². The first-order chi connectivity index (χ1) is 12.7. The number of methoxy groups -OCH3 is 1. The molecule has 0 saturated heterocycles. The molecule has 0 aliphatic heterocycles. The fourth-order valence-electron chi connectivity index (χ4n) is 2.38. The number of hydrogen-bond donors (Lipinski definition) is 0. The summed E-state index contributed by atoms with van der Waals surface area (Å²) < 4.78 is 16.7. The Morgan fingerprint density at radius 1 is 1.00 bits per heavy atom. The van der Waals surface area contributed by atoms with Crippen molar-refractivity contribution in [3.63, 3.8) is 0 Å². The van der Waals surface area contributed by atoms with E-state index in [0.29, 0.717) is 30.7 Å². The van der Waals surface area contributed by atoms with E-state index < -0.39 is 0 Å². The van der Waals surface area contributed by atoms with Crippen LogP contribution in [0.2, 0.25) is 0 Å². The van der Waals surface area contributed by atoms with Crippen LogP contribution in [-0.4, -0.2) is 28.7 Å². The van der Waals surface area contributed by atoms with Gasteiger partial charge in [0.2, 0.25) is 0 Å². The van der Waals surface area contributed by atoms with Crippen molar-refractivity contribution < 1.29 is 14.2 Å². The number of aryl methyl sites for hydroxylation is 1. The molecule has 0 amide bonds. The molecule has 6 heteroatoms. The minimum Gasteiger partial charge on any atom is -0.497 e. The Balaban J connectivity index is 1.79. The molecule has 3 rings (SSSR count). The van der Waals surface area contributed by atoms with Crippen molar-refractivity contribution in [2.24, 2.45) is 0 Å². The van der Waals surface area contributed by atoms with Gasteiger partial charge in [0, 0.05) is 23.7 Å². The van der Waals surface area contributed by atoms with Crippen molar-refractivity contribution in [2.75, 3.05) is 13.7 Å². The molecule has 0 fully saturated rings. The molecule has 2 heterocycles. The first-order valence-electron chi connectivity index (χ1n) is 8.38. The van der Waals surface area contributed by atoms with Gasteiger partial charge >= 0.3 is 0 Å². The third-order valence-electron chi connectivity index (χ3n) is 3.71. The topological polar surface area (TPSA) is 66.4 Å². The smallest absolute Gasteiger partial charge is 0.257 e. The molecular weight excluding hydrogens is 330 g/mol. The minimum atomic E-state index is 0.386. The monoisotopic (exact) mass is 351 g/mol. The predicted molar refractivity (Wildman–Crippen MR) is 98.5 cm³/mol. The summed E-state index contributed by atoms with van der Waals surface area (Å²) in [6.07, 6.45) is 3.42. The van der Waals surface area contributed by atoms with Crippen molar-refractivity contribution in [3.05, 3.63) is 60.0 Å². The second kappa shape index (κ2) is 8.29. The second-order valence-electron chi connectivity index (χ2n) is 5.62. The van der Waals surface area contributed by atoms with Crippen LogP contribution in [-0.2, 0) is 6.61 Å². The number of aromatic nitrogens is 3. The van der Waals surface area contributed by atoms with Gasteiger partial charge in [-0.1, -0.05) is 12.1 Å². The van der Waals surface area contributed by atoms with E-state index in [1.54, 1.807) is 19.5 Å². The molecule has 0 radical (unpaired) electrons. The Hall–Kier alpha value is -3.15. The number of hydrogen-bond acceptors (Lipinski definition) is 6. The predicted octanol–water partition coefficient (Wildman–Crippen LogP) is 3.83. The average molecular weight is 351 g/mol. The lowest BCUT2D eigenvalue weighted by atomic mass is 10.2. The van der Waals surface area contributed by atoms with Crippen LogP contribution >= 0.6 is 0 Å². The lowest BCUT2D eigenvalue weighted by Crippen LogP contribution is -2.02. The van der Waals surface area contributed by atoms with E-state index in [2.05, 4.69) is 15.0 Å². The molecular formula is C20H21N3O3. The summed E-state index contributed by atoms with van der Waals surface area (Å²) in [6, 6.07) is 11.4. The minimum absolute atomic E-state index is 0.386. The molecule has 0 unspecified atom stereocenters. The Labute approximate surface area is 152 Å². The molecule has 0 bridgehead atoms. The van der Waals surface area contributed by atoms with E-state index in [0.717, 1.165) is 22.6 Å². The largest absolute Gasteiger partial charge is 0.497 e. The van der Waals surface area contributed by atoms with Crippen molar-refractivity contribution >= 4 is 0 Å². The first kappa shape index (κ1) is 17.7. The molecule has 134 valence electrons. The van der Waals surface area contributed by atoms with Crippen LogP contribution in [0.3, 0.4) is 0 Å². The standard InChI is InChI=1S/C20H21N3O3/c1-4-25-18-11-16(19-21-10-9-14(2)23-19)12-22-20(18)26-13-15-5-7-17(24-3)8-6-15/h5-12H,4,13H2,1-3H3. The number of benzene rings is 1. The zero-order valence-electron chi connectivity index (χ0n) is 15.1. The average Bonchev–Trinajstić information content (AvgIpc) is 2.67. The molecule has 0 aliphatic carbocycles. The zero-order valence-corrected chi connectivity index (χ0v) is 15.1. The van der Waals surface area contributed by atoms with Gasteiger partial charge in [-0.2, -0.15) is 0 Å². The summed E-state index contributed by atoms with van der Waals surface area (Å²) in [5.74, 6) is 2.44. The summed E-state index contributed by atoms with van der Waals surface area (Å²) in [6.45, 7) is 4.74. The van der Waals surface area contributed by atoms with Crippen LogP contribution in [0, 0.1) is 6.92 Å². The van der Waals surface area contributed by atoms with Crippen LogP contribution < -0.4 is 14.2 Å². The van der Waals surface area contributed by atoms with Crippen LogP contribution in [0.4, 0.5) is 0 Å². The van der Waals surface area contributed by atoms with Gasteiger partial charge < -0.3 is 14.2 Å². The molecule has 2 aromatic heterocycles. The zero-order chi connectivity index (χ0) is 18.4. The maximum atomic E-state index is 5.85. The summed E-state index contributed by atoms with van der Waals surface area (Å²) in [7, 11) is 1.64. The lowest BCUT2D eigenvalue weighted by Gasteiger charge is -2.12. The maximum Gasteiger partial charge on any atom is 0.257 e. The molecule has 6 nitrogen and oxygen atoms in total. The lowest BCUT2D eigenvalue weighted by molar-refractivity contribution is 0.259. The Morgan fingerprint density at radius 3 is 2.50 bits per heavy atom. The van der Waals surface area contributed by atoms with Gasteiger partial charge in [-0.15, -0.1) is 0 Å². The van der Waals surface area contributed by atoms with E-state index in [9.17, 15) is 0 Å². The van der Waals surface area contributed by atoms with Gasteiger partial charge in [0.1, 0.15) is 12.4 Å². The maximum absolute atomic E-state index is 5.85. The van der Waals surface area contributed by atoms with Crippen molar-refractivity contribution in [3.8, 4) is 28.8 Å². The number of nitrogens with zero attached hydrogens (tertiary/aromatic N) is 3. The highest BCUT2D eigenvalue weighted by Crippen LogP contribution is 2.29. The molecule has 0 spiro atoms. The van der Waals surface area contributed by atoms with Crippen LogP contribution in [0.1, 0.15) is 18.2 Å². The van der Waals surface area contributed by atoms with Crippen LogP contribution in [0.15, 0.2) is 48.8 Å². The summed E-state index contributed by atoms with van der Waals surface area (Å²) >= 11 is 0. The summed E-state index contributed by atoms with van der Waals surface area (Å²) in [4.78, 5) is 13.1. The third-order valence-corrected chi connectivity index (χ3v) is 3.71. The summed E-state index contributed by atoms with van der Waals surface area (Å²) in [5, 5.41) is 0. The fourth-order valence-corrected chi connectivity index (χ4v) is 2.38. The molecule has 26 heavy (non-hydrogen) atoms. The Bertz CT molecular complexity index is 866. The molecule has 3 aromatic rings. The second-order valence-corrected chi connectivity index (χ2v) is 5.62. The van der Waals surface area contributed by atoms with Gasteiger partial charge in [-0.25, -0.2) is 15.0 Å². The highest BCUT2D eigenvalue weighted by Gasteiger charge is 2.11. The van der Waals surface area contributed by atoms with E-state index in [4.69, 9.17) is 14.2 Å². The van der Waals surface area contributed by atoms with Crippen molar-refractivity contribution in [1.29, 1.82) is 0 Å². The normalized spacial score (nSPS) is 10.4. The highest BCUT2D eigenvalue weighted by atomic mass is 16.5. The molecule has 0 saturated carbocycles. The third kappa shape index (κ3) is 4.27. The highest BCUT2D eigenvalue weighted by molar-refractivity contribution is 5.58. The quantitative estimate of drug-likeness (QED) is 0.644. The van der Waals surface area contributed by atoms with Gasteiger partial charge in [0.15, 0.2) is 11.6 Å². The van der Waals surface area contributed by atoms with Gasteiger partial charge in [-0.05, 0) is 43.7 Å².